The molecule has 0 amide bonds. The van der Waals surface area contributed by atoms with Crippen LogP contribution in [0, 0.1) is 6.92 Å². The summed E-state index contributed by atoms with van der Waals surface area (Å²) in [6.45, 7) is 1.77. The van der Waals surface area contributed by atoms with Crippen molar-refractivity contribution in [1.29, 1.82) is 0 Å². The van der Waals surface area contributed by atoms with E-state index < -0.39 is 5.97 Å². The second kappa shape index (κ2) is 4.87. The number of aryl methyl sites for hydroxylation is 1. The topological polar surface area (TPSA) is 59.4 Å². The van der Waals surface area contributed by atoms with E-state index in [0.29, 0.717) is 16.9 Å². The van der Waals surface area contributed by atoms with Gasteiger partial charge in [-0.05, 0) is 30.2 Å². The molecule has 0 fully saturated rings. The van der Waals surface area contributed by atoms with Gasteiger partial charge in [0.2, 0.25) is 0 Å². The molecule has 2 aromatic rings. The zero-order chi connectivity index (χ0) is 13.1. The lowest BCUT2D eigenvalue weighted by Crippen LogP contribution is -1.99. The largest absolute Gasteiger partial charge is 0.496 e. The average Bonchev–Trinajstić information content (AvgIpc) is 2.38. The normalized spacial score (nSPS) is 10.1. The van der Waals surface area contributed by atoms with Crippen LogP contribution >= 0.6 is 0 Å². The van der Waals surface area contributed by atoms with E-state index >= 15 is 0 Å². The molecule has 1 aromatic carbocycles. The number of carbonyl (C=O) groups is 1. The summed E-state index contributed by atoms with van der Waals surface area (Å²) >= 11 is 0. The molecule has 1 N–H and O–H groups in total. The SMILES string of the molecule is COc1ccncc1-c1ccc(C(=O)O)c(C)c1. The van der Waals surface area contributed by atoms with Crippen LogP contribution in [-0.4, -0.2) is 23.2 Å². The zero-order valence-corrected chi connectivity index (χ0v) is 10.2. The van der Waals surface area contributed by atoms with Crippen molar-refractivity contribution in [2.75, 3.05) is 7.11 Å². The summed E-state index contributed by atoms with van der Waals surface area (Å²) in [7, 11) is 1.59. The highest BCUT2D eigenvalue weighted by Crippen LogP contribution is 2.29. The Morgan fingerprint density at radius 3 is 2.72 bits per heavy atom. The first-order valence-corrected chi connectivity index (χ1v) is 5.46. The van der Waals surface area contributed by atoms with Crippen molar-refractivity contribution in [1.82, 2.24) is 4.98 Å². The third kappa shape index (κ3) is 2.18. The van der Waals surface area contributed by atoms with Crippen LogP contribution in [0.25, 0.3) is 11.1 Å². The number of aromatic nitrogens is 1. The third-order valence-corrected chi connectivity index (χ3v) is 2.77. The molecule has 2 rings (SSSR count). The van der Waals surface area contributed by atoms with Gasteiger partial charge >= 0.3 is 5.97 Å². The minimum Gasteiger partial charge on any atom is -0.496 e. The van der Waals surface area contributed by atoms with Gasteiger partial charge in [-0.2, -0.15) is 0 Å². The monoisotopic (exact) mass is 243 g/mol. The summed E-state index contributed by atoms with van der Waals surface area (Å²) in [6.07, 6.45) is 3.36. The number of carboxylic acids is 1. The van der Waals surface area contributed by atoms with E-state index in [4.69, 9.17) is 9.84 Å². The van der Waals surface area contributed by atoms with E-state index in [1.54, 1.807) is 44.6 Å². The fourth-order valence-corrected chi connectivity index (χ4v) is 1.85. The highest BCUT2D eigenvalue weighted by Gasteiger charge is 2.10. The molecule has 0 saturated carbocycles. The average molecular weight is 243 g/mol. The zero-order valence-electron chi connectivity index (χ0n) is 10.2. The molecule has 0 saturated heterocycles. The minimum atomic E-state index is -0.919. The first-order valence-electron chi connectivity index (χ1n) is 5.46. The Hall–Kier alpha value is -2.36. The van der Waals surface area contributed by atoms with Gasteiger partial charge in [0.1, 0.15) is 5.75 Å². The molecule has 0 radical (unpaired) electrons. The van der Waals surface area contributed by atoms with Gasteiger partial charge < -0.3 is 9.84 Å². The van der Waals surface area contributed by atoms with Crippen LogP contribution in [0.15, 0.2) is 36.7 Å². The molecule has 0 unspecified atom stereocenters. The van der Waals surface area contributed by atoms with Crippen molar-refractivity contribution in [3.8, 4) is 16.9 Å². The van der Waals surface area contributed by atoms with Crippen LogP contribution in [0.2, 0.25) is 0 Å². The summed E-state index contributed by atoms with van der Waals surface area (Å²) in [4.78, 5) is 15.0. The van der Waals surface area contributed by atoms with E-state index in [1.807, 2.05) is 6.07 Å². The summed E-state index contributed by atoms with van der Waals surface area (Å²) in [5.41, 5.74) is 2.76. The fraction of sp³-hybridized carbons (Fsp3) is 0.143. The van der Waals surface area contributed by atoms with E-state index in [-0.39, 0.29) is 0 Å². The van der Waals surface area contributed by atoms with Gasteiger partial charge in [0.05, 0.1) is 12.7 Å². The third-order valence-electron chi connectivity index (χ3n) is 2.77. The number of rotatable bonds is 3. The summed E-state index contributed by atoms with van der Waals surface area (Å²) in [5.74, 6) is -0.204. The number of benzene rings is 1. The molecule has 0 spiro atoms. The molecule has 4 nitrogen and oxygen atoms in total. The maximum absolute atomic E-state index is 11.0. The summed E-state index contributed by atoms with van der Waals surface area (Å²) in [6, 6.07) is 6.95. The number of nitrogens with zero attached hydrogens (tertiary/aromatic N) is 1. The second-order valence-corrected chi connectivity index (χ2v) is 3.91. The first kappa shape index (κ1) is 12.1. The van der Waals surface area contributed by atoms with E-state index in [1.165, 1.54) is 0 Å². The lowest BCUT2D eigenvalue weighted by Gasteiger charge is -2.09. The molecule has 0 aliphatic carbocycles. The molecule has 1 aromatic heterocycles. The van der Waals surface area contributed by atoms with Gasteiger partial charge in [-0.3, -0.25) is 4.98 Å². The van der Waals surface area contributed by atoms with Gasteiger partial charge in [-0.1, -0.05) is 12.1 Å². The highest BCUT2D eigenvalue weighted by molar-refractivity contribution is 5.90. The Bertz CT molecular complexity index is 593. The molecule has 0 aliphatic heterocycles. The molecular weight excluding hydrogens is 230 g/mol. The second-order valence-electron chi connectivity index (χ2n) is 3.91. The van der Waals surface area contributed by atoms with Crippen LogP contribution in [0.5, 0.6) is 5.75 Å². The van der Waals surface area contributed by atoms with Crippen molar-refractivity contribution < 1.29 is 14.6 Å². The molecule has 18 heavy (non-hydrogen) atoms. The minimum absolute atomic E-state index is 0.307. The maximum atomic E-state index is 11.0. The number of hydrogen-bond acceptors (Lipinski definition) is 3. The van der Waals surface area contributed by atoms with Crippen molar-refractivity contribution in [3.63, 3.8) is 0 Å². The molecular formula is C14H13NO3. The number of aromatic carboxylic acids is 1. The van der Waals surface area contributed by atoms with Gasteiger partial charge in [-0.25, -0.2) is 4.79 Å². The van der Waals surface area contributed by atoms with Crippen molar-refractivity contribution >= 4 is 5.97 Å². The molecule has 4 heteroatoms. The fourth-order valence-electron chi connectivity index (χ4n) is 1.85. The predicted molar refractivity (Wildman–Crippen MR) is 67.9 cm³/mol. The molecule has 1 heterocycles. The van der Waals surface area contributed by atoms with E-state index in [2.05, 4.69) is 4.98 Å². The Balaban J connectivity index is 2.52. The molecule has 0 aliphatic rings. The van der Waals surface area contributed by atoms with Crippen LogP contribution < -0.4 is 4.74 Å². The maximum Gasteiger partial charge on any atom is 0.335 e. The van der Waals surface area contributed by atoms with Crippen molar-refractivity contribution in [3.05, 3.63) is 47.8 Å². The Labute approximate surface area is 105 Å². The highest BCUT2D eigenvalue weighted by atomic mass is 16.5. The number of ether oxygens (including phenoxy) is 1. The quantitative estimate of drug-likeness (QED) is 0.900. The predicted octanol–water partition coefficient (Wildman–Crippen LogP) is 2.76. The summed E-state index contributed by atoms with van der Waals surface area (Å²) < 4.78 is 5.26. The Morgan fingerprint density at radius 1 is 1.33 bits per heavy atom. The van der Waals surface area contributed by atoms with Gasteiger partial charge in [0, 0.05) is 18.0 Å². The summed E-state index contributed by atoms with van der Waals surface area (Å²) in [5, 5.41) is 8.99. The van der Waals surface area contributed by atoms with Crippen LogP contribution in [0.1, 0.15) is 15.9 Å². The van der Waals surface area contributed by atoms with Crippen LogP contribution in [0.4, 0.5) is 0 Å². The van der Waals surface area contributed by atoms with E-state index in [9.17, 15) is 4.79 Å². The number of methoxy groups -OCH3 is 1. The van der Waals surface area contributed by atoms with Crippen LogP contribution in [0.3, 0.4) is 0 Å². The molecule has 92 valence electrons. The first-order chi connectivity index (χ1) is 8.63. The lowest BCUT2D eigenvalue weighted by atomic mass is 10.0. The molecule has 0 bridgehead atoms. The van der Waals surface area contributed by atoms with Crippen molar-refractivity contribution in [2.24, 2.45) is 0 Å². The van der Waals surface area contributed by atoms with E-state index in [0.717, 1.165) is 11.1 Å². The Kier molecular flexibility index (Phi) is 3.28. The van der Waals surface area contributed by atoms with Gasteiger partial charge in [-0.15, -0.1) is 0 Å². The lowest BCUT2D eigenvalue weighted by molar-refractivity contribution is 0.0696. The molecule has 0 atom stereocenters. The van der Waals surface area contributed by atoms with Gasteiger partial charge in [0.25, 0.3) is 0 Å². The smallest absolute Gasteiger partial charge is 0.335 e. The standard InChI is InChI=1S/C14H13NO3/c1-9-7-10(3-4-11(9)14(16)17)12-8-15-6-5-13(12)18-2/h3-8H,1-2H3,(H,16,17). The number of carboxylic acid groups (broad SMARTS) is 1. The van der Waals surface area contributed by atoms with Gasteiger partial charge in [0.15, 0.2) is 0 Å². The Morgan fingerprint density at radius 2 is 2.11 bits per heavy atom. The van der Waals surface area contributed by atoms with Crippen LogP contribution in [-0.2, 0) is 0 Å². The van der Waals surface area contributed by atoms with Crippen molar-refractivity contribution in [2.45, 2.75) is 6.92 Å². The number of pyridine rings is 1. The number of hydrogen-bond donors (Lipinski definition) is 1.